The van der Waals surface area contributed by atoms with E-state index in [2.05, 4.69) is 0 Å². The summed E-state index contributed by atoms with van der Waals surface area (Å²) in [7, 11) is -2.61. The first-order valence-corrected chi connectivity index (χ1v) is 3.75. The summed E-state index contributed by atoms with van der Waals surface area (Å²) >= 11 is 0. The van der Waals surface area contributed by atoms with E-state index in [1.54, 1.807) is 24.3 Å². The second-order valence-electron chi connectivity index (χ2n) is 1.57. The fourth-order valence-electron chi connectivity index (χ4n) is 0.428. The summed E-state index contributed by atoms with van der Waals surface area (Å²) in [5, 5.41) is 8.63. The summed E-state index contributed by atoms with van der Waals surface area (Å²) in [5.74, 6) is 0.322. The van der Waals surface area contributed by atoms with Gasteiger partial charge in [-0.3, -0.25) is 0 Å². The molecule has 0 bridgehead atoms. The molecule has 0 saturated heterocycles. The van der Waals surface area contributed by atoms with Crippen molar-refractivity contribution in [2.45, 2.75) is 0 Å². The van der Waals surface area contributed by atoms with Crippen LogP contribution in [0.2, 0.25) is 0 Å². The van der Waals surface area contributed by atoms with E-state index < -0.39 is 10.5 Å². The molecule has 0 aliphatic heterocycles. The van der Waals surface area contributed by atoms with E-state index in [0.29, 0.717) is 5.75 Å². The summed E-state index contributed by atoms with van der Waals surface area (Å²) in [5.41, 5.74) is 0. The first-order chi connectivity index (χ1) is 5.13. The van der Waals surface area contributed by atoms with Crippen LogP contribution in [0.3, 0.4) is 0 Å². The maximum absolute atomic E-state index is 8.67. The molecule has 6 heteroatoms. The number of benzene rings is 1. The summed E-state index contributed by atoms with van der Waals surface area (Å²) < 4.78 is 22.8. The molecule has 0 spiro atoms. The number of aromatic hydroxyl groups is 1. The average Bonchev–Trinajstić information content (AvgIpc) is 1.87. The Hall–Kier alpha value is -0.360. The molecule has 0 aliphatic carbocycles. The Morgan fingerprint density at radius 2 is 1.50 bits per heavy atom. The Bertz CT molecular complexity index is 289. The van der Waals surface area contributed by atoms with Gasteiger partial charge < -0.3 is 5.11 Å². The first kappa shape index (κ1) is 14.2. The number of para-hydroxylation sites is 1. The van der Waals surface area contributed by atoms with Crippen LogP contribution in [-0.2, 0) is 10.5 Å². The molecule has 0 aromatic heterocycles. The van der Waals surface area contributed by atoms with Crippen molar-refractivity contribution in [1.29, 1.82) is 4.78 Å². The zero-order chi connectivity index (χ0) is 8.69. The molecule has 1 rings (SSSR count). The second-order valence-corrected chi connectivity index (χ2v) is 2.04. The number of nitrogens with one attached hydrogen (secondary N) is 1. The van der Waals surface area contributed by atoms with Gasteiger partial charge in [0.25, 0.3) is 0 Å². The molecule has 0 heterocycles. The average molecular weight is 197 g/mol. The standard InChI is InChI=1S/C6H6O.HNO2S.Na.H/c7-6-4-2-1-3-5-6;1-4(2)3;;/h1-5,7H;1H;;. The number of phenolic OH excluding ortho intramolecular Hbond substituents is 1. The van der Waals surface area contributed by atoms with Crippen molar-refractivity contribution in [3.8, 4) is 5.75 Å². The molecular formula is C6H8NNaO3S. The summed E-state index contributed by atoms with van der Waals surface area (Å²) in [6, 6.07) is 8.71. The molecule has 0 radical (unpaired) electrons. The topological polar surface area (TPSA) is 78.2 Å². The molecule has 2 N–H and O–H groups in total. The van der Waals surface area contributed by atoms with Gasteiger partial charge >= 0.3 is 40.1 Å². The molecule has 0 saturated carbocycles. The van der Waals surface area contributed by atoms with Gasteiger partial charge in [-0.1, -0.05) is 18.2 Å². The summed E-state index contributed by atoms with van der Waals surface area (Å²) in [6.45, 7) is 0. The van der Waals surface area contributed by atoms with Gasteiger partial charge in [0, 0.05) is 0 Å². The Morgan fingerprint density at radius 1 is 1.17 bits per heavy atom. The van der Waals surface area contributed by atoms with Gasteiger partial charge in [0.2, 0.25) is 0 Å². The molecule has 0 aliphatic rings. The summed E-state index contributed by atoms with van der Waals surface area (Å²) in [6.07, 6.45) is 0. The van der Waals surface area contributed by atoms with Gasteiger partial charge in [-0.05, 0) is 12.1 Å². The Balaban J connectivity index is 0. The van der Waals surface area contributed by atoms with E-state index in [1.807, 2.05) is 6.07 Å². The summed E-state index contributed by atoms with van der Waals surface area (Å²) in [4.78, 5) is 0. The van der Waals surface area contributed by atoms with Gasteiger partial charge in [0.05, 0.1) is 0 Å². The van der Waals surface area contributed by atoms with Crippen molar-refractivity contribution in [2.75, 3.05) is 0 Å². The molecule has 0 unspecified atom stereocenters. The predicted molar refractivity (Wildman–Crippen MR) is 46.9 cm³/mol. The van der Waals surface area contributed by atoms with Crippen LogP contribution in [0.25, 0.3) is 0 Å². The quantitative estimate of drug-likeness (QED) is 0.590. The van der Waals surface area contributed by atoms with Crippen molar-refractivity contribution >= 4 is 40.1 Å². The van der Waals surface area contributed by atoms with Crippen LogP contribution < -0.4 is 0 Å². The zero-order valence-electron chi connectivity index (χ0n) is 5.56. The van der Waals surface area contributed by atoms with E-state index in [4.69, 9.17) is 18.3 Å². The maximum atomic E-state index is 8.67. The van der Waals surface area contributed by atoms with Crippen LogP contribution >= 0.6 is 0 Å². The molecule has 1 aromatic rings. The molecule has 0 atom stereocenters. The van der Waals surface area contributed by atoms with Crippen LogP contribution in [0.5, 0.6) is 5.75 Å². The minimum absolute atomic E-state index is 0. The number of hydrogen-bond donors (Lipinski definition) is 2. The van der Waals surface area contributed by atoms with Gasteiger partial charge in [-0.25, -0.2) is 0 Å². The predicted octanol–water partition coefficient (Wildman–Crippen LogP) is 0.372. The third-order valence-electron chi connectivity index (χ3n) is 0.756. The van der Waals surface area contributed by atoms with Crippen LogP contribution in [0.1, 0.15) is 0 Å². The molecule has 12 heavy (non-hydrogen) atoms. The minimum atomic E-state index is -2.61. The molecule has 0 fully saturated rings. The molecule has 62 valence electrons. The van der Waals surface area contributed by atoms with Crippen LogP contribution in [0.15, 0.2) is 30.3 Å². The van der Waals surface area contributed by atoms with E-state index in [0.717, 1.165) is 0 Å². The van der Waals surface area contributed by atoms with Gasteiger partial charge in [0.15, 0.2) is 0 Å². The zero-order valence-corrected chi connectivity index (χ0v) is 6.38. The number of rotatable bonds is 0. The van der Waals surface area contributed by atoms with Gasteiger partial charge in [-0.2, -0.15) is 13.2 Å². The van der Waals surface area contributed by atoms with Crippen LogP contribution in [0.4, 0.5) is 0 Å². The molecule has 0 amide bonds. The van der Waals surface area contributed by atoms with E-state index in [-0.39, 0.29) is 29.6 Å². The van der Waals surface area contributed by atoms with Crippen molar-refractivity contribution in [3.05, 3.63) is 30.3 Å². The fourth-order valence-corrected chi connectivity index (χ4v) is 0.428. The van der Waals surface area contributed by atoms with Crippen molar-refractivity contribution in [1.82, 2.24) is 0 Å². The normalized spacial score (nSPS) is 7.00. The Labute approximate surface area is 94.0 Å². The van der Waals surface area contributed by atoms with Crippen molar-refractivity contribution in [2.24, 2.45) is 0 Å². The molecule has 4 nitrogen and oxygen atoms in total. The van der Waals surface area contributed by atoms with E-state index >= 15 is 0 Å². The van der Waals surface area contributed by atoms with Gasteiger partial charge in [-0.15, -0.1) is 0 Å². The van der Waals surface area contributed by atoms with Crippen molar-refractivity contribution in [3.63, 3.8) is 0 Å². The SMILES string of the molecule is N=S(=O)=O.Oc1ccccc1.[NaH]. The Morgan fingerprint density at radius 3 is 1.67 bits per heavy atom. The molecule has 1 aromatic carbocycles. The van der Waals surface area contributed by atoms with E-state index in [1.165, 1.54) is 0 Å². The van der Waals surface area contributed by atoms with E-state index in [9.17, 15) is 0 Å². The monoisotopic (exact) mass is 197 g/mol. The second kappa shape index (κ2) is 8.73. The number of hydrogen-bond acceptors (Lipinski definition) is 4. The fraction of sp³-hybridized carbons (Fsp3) is 0. The Kier molecular flexibility index (Phi) is 10.3. The van der Waals surface area contributed by atoms with Crippen molar-refractivity contribution < 1.29 is 13.5 Å². The van der Waals surface area contributed by atoms with Crippen LogP contribution in [0, 0.1) is 4.78 Å². The van der Waals surface area contributed by atoms with Crippen LogP contribution in [-0.4, -0.2) is 43.1 Å². The van der Waals surface area contributed by atoms with Gasteiger partial charge in [0.1, 0.15) is 5.75 Å². The third kappa shape index (κ3) is 12.3. The first-order valence-electron chi connectivity index (χ1n) is 2.67. The number of phenols is 1. The molecular weight excluding hydrogens is 189 g/mol. The third-order valence-corrected chi connectivity index (χ3v) is 0.756.